The zero-order valence-corrected chi connectivity index (χ0v) is 8.27. The number of rotatable bonds is 2. The molecule has 2 atom stereocenters. The first-order valence-corrected chi connectivity index (χ1v) is 5.76. The molecule has 1 N–H and O–H groups in total. The van der Waals surface area contributed by atoms with Crippen LogP contribution in [0.2, 0.25) is 0 Å². The Morgan fingerprint density at radius 3 is 2.00 bits per heavy atom. The minimum absolute atomic E-state index is 0.197. The summed E-state index contributed by atoms with van der Waals surface area (Å²) in [4.78, 5) is 0. The van der Waals surface area contributed by atoms with Crippen molar-refractivity contribution in [1.82, 2.24) is 5.32 Å². The third-order valence-corrected chi connectivity index (χ3v) is 3.49. The first kappa shape index (κ1) is 9.45. The van der Waals surface area contributed by atoms with Crippen molar-refractivity contribution >= 4 is 0 Å². The standard InChI is InChI=1S/C11H20FN/c12-10-7-8-11(10)13-9-5-3-1-2-4-6-9/h9-11,13H,1-8H2. The van der Waals surface area contributed by atoms with Gasteiger partial charge in [-0.15, -0.1) is 0 Å². The van der Waals surface area contributed by atoms with Gasteiger partial charge < -0.3 is 5.32 Å². The van der Waals surface area contributed by atoms with Crippen molar-refractivity contribution in [3.05, 3.63) is 0 Å². The number of alkyl halides is 1. The highest BCUT2D eigenvalue weighted by molar-refractivity contribution is 4.89. The van der Waals surface area contributed by atoms with Crippen molar-refractivity contribution < 1.29 is 4.39 Å². The van der Waals surface area contributed by atoms with Gasteiger partial charge in [-0.1, -0.05) is 25.7 Å². The Labute approximate surface area is 80.1 Å². The summed E-state index contributed by atoms with van der Waals surface area (Å²) in [6.45, 7) is 0. The lowest BCUT2D eigenvalue weighted by atomic mass is 9.89. The molecule has 0 saturated heterocycles. The summed E-state index contributed by atoms with van der Waals surface area (Å²) in [6.07, 6.45) is 9.24. The topological polar surface area (TPSA) is 12.0 Å². The Bertz CT molecular complexity index is 152. The molecule has 0 aromatic heterocycles. The van der Waals surface area contributed by atoms with Gasteiger partial charge in [-0.05, 0) is 25.7 Å². The highest BCUT2D eigenvalue weighted by atomic mass is 19.1. The minimum Gasteiger partial charge on any atom is -0.308 e. The Morgan fingerprint density at radius 2 is 1.54 bits per heavy atom. The largest absolute Gasteiger partial charge is 0.308 e. The van der Waals surface area contributed by atoms with E-state index in [-0.39, 0.29) is 6.04 Å². The third-order valence-electron chi connectivity index (χ3n) is 3.49. The maximum Gasteiger partial charge on any atom is 0.115 e. The van der Waals surface area contributed by atoms with Crippen LogP contribution in [0.1, 0.15) is 51.4 Å². The molecule has 13 heavy (non-hydrogen) atoms. The van der Waals surface area contributed by atoms with E-state index in [1.807, 2.05) is 0 Å². The van der Waals surface area contributed by atoms with Gasteiger partial charge in [0, 0.05) is 12.1 Å². The SMILES string of the molecule is FC1CCC1NC1CCCCCC1. The van der Waals surface area contributed by atoms with E-state index in [0.717, 1.165) is 12.8 Å². The van der Waals surface area contributed by atoms with Crippen LogP contribution in [-0.2, 0) is 0 Å². The van der Waals surface area contributed by atoms with Crippen LogP contribution in [0, 0.1) is 0 Å². The molecule has 2 unspecified atom stereocenters. The normalized spacial score (nSPS) is 36.7. The van der Waals surface area contributed by atoms with Crippen molar-refractivity contribution in [2.75, 3.05) is 0 Å². The lowest BCUT2D eigenvalue weighted by Crippen LogP contribution is -2.49. The van der Waals surface area contributed by atoms with Crippen molar-refractivity contribution in [1.29, 1.82) is 0 Å². The highest BCUT2D eigenvalue weighted by Crippen LogP contribution is 2.26. The van der Waals surface area contributed by atoms with Crippen LogP contribution in [-0.4, -0.2) is 18.3 Å². The second-order valence-electron chi connectivity index (χ2n) is 4.55. The summed E-state index contributed by atoms with van der Waals surface area (Å²) in [6, 6.07) is 0.814. The second-order valence-corrected chi connectivity index (χ2v) is 4.55. The maximum atomic E-state index is 13.0. The van der Waals surface area contributed by atoms with Gasteiger partial charge in [-0.2, -0.15) is 0 Å². The molecular formula is C11H20FN. The predicted molar refractivity (Wildman–Crippen MR) is 52.5 cm³/mol. The molecule has 0 amide bonds. The number of hydrogen-bond acceptors (Lipinski definition) is 1. The maximum absolute atomic E-state index is 13.0. The van der Waals surface area contributed by atoms with Crippen LogP contribution < -0.4 is 5.32 Å². The molecule has 0 spiro atoms. The molecule has 0 bridgehead atoms. The molecule has 2 heteroatoms. The van der Waals surface area contributed by atoms with Crippen LogP contribution >= 0.6 is 0 Å². The summed E-state index contributed by atoms with van der Waals surface area (Å²) in [5, 5.41) is 3.47. The van der Waals surface area contributed by atoms with E-state index in [1.54, 1.807) is 0 Å². The van der Waals surface area contributed by atoms with Gasteiger partial charge in [-0.3, -0.25) is 0 Å². The van der Waals surface area contributed by atoms with Crippen LogP contribution in [0.3, 0.4) is 0 Å². The number of nitrogens with one attached hydrogen (secondary N) is 1. The minimum atomic E-state index is -0.553. The molecule has 2 aliphatic rings. The fourth-order valence-electron chi connectivity index (χ4n) is 2.40. The van der Waals surface area contributed by atoms with Gasteiger partial charge >= 0.3 is 0 Å². The molecule has 2 fully saturated rings. The van der Waals surface area contributed by atoms with Gasteiger partial charge in [0.1, 0.15) is 6.17 Å². The third kappa shape index (κ3) is 2.43. The zero-order valence-electron chi connectivity index (χ0n) is 8.27. The smallest absolute Gasteiger partial charge is 0.115 e. The van der Waals surface area contributed by atoms with E-state index in [4.69, 9.17) is 0 Å². The predicted octanol–water partition coefficient (Wildman–Crippen LogP) is 2.80. The van der Waals surface area contributed by atoms with Crippen LogP contribution in [0.15, 0.2) is 0 Å². The van der Waals surface area contributed by atoms with Gasteiger partial charge in [0.05, 0.1) is 0 Å². The molecule has 2 rings (SSSR count). The first-order chi connectivity index (χ1) is 6.36. The van der Waals surface area contributed by atoms with E-state index in [9.17, 15) is 4.39 Å². The van der Waals surface area contributed by atoms with Gasteiger partial charge in [-0.25, -0.2) is 4.39 Å². The molecule has 2 saturated carbocycles. The quantitative estimate of drug-likeness (QED) is 0.652. The number of hydrogen-bond donors (Lipinski definition) is 1. The van der Waals surface area contributed by atoms with E-state index < -0.39 is 6.17 Å². The number of halogens is 1. The van der Waals surface area contributed by atoms with E-state index >= 15 is 0 Å². The molecule has 0 radical (unpaired) electrons. The second kappa shape index (κ2) is 4.41. The molecule has 1 nitrogen and oxygen atoms in total. The molecular weight excluding hydrogens is 165 g/mol. The molecule has 2 aliphatic carbocycles. The van der Waals surface area contributed by atoms with Crippen LogP contribution in [0.5, 0.6) is 0 Å². The average molecular weight is 185 g/mol. The van der Waals surface area contributed by atoms with E-state index in [2.05, 4.69) is 5.32 Å². The molecule has 76 valence electrons. The Hall–Kier alpha value is -0.110. The van der Waals surface area contributed by atoms with Crippen LogP contribution in [0.25, 0.3) is 0 Å². The molecule has 0 aromatic rings. The first-order valence-electron chi connectivity index (χ1n) is 5.76. The monoisotopic (exact) mass is 185 g/mol. The van der Waals surface area contributed by atoms with Gasteiger partial charge in [0.25, 0.3) is 0 Å². The summed E-state index contributed by atoms with van der Waals surface area (Å²) >= 11 is 0. The molecule has 0 aliphatic heterocycles. The zero-order chi connectivity index (χ0) is 9.10. The molecule has 0 heterocycles. The lowest BCUT2D eigenvalue weighted by molar-refractivity contribution is 0.129. The lowest BCUT2D eigenvalue weighted by Gasteiger charge is -2.34. The van der Waals surface area contributed by atoms with Crippen molar-refractivity contribution in [2.45, 2.75) is 69.6 Å². The summed E-state index contributed by atoms with van der Waals surface area (Å²) in [5.74, 6) is 0. The Morgan fingerprint density at radius 1 is 0.846 bits per heavy atom. The summed E-state index contributed by atoms with van der Waals surface area (Å²) in [5.41, 5.74) is 0. The van der Waals surface area contributed by atoms with E-state index in [1.165, 1.54) is 38.5 Å². The van der Waals surface area contributed by atoms with Crippen LogP contribution in [0.4, 0.5) is 4.39 Å². The molecule has 0 aromatic carbocycles. The fourth-order valence-corrected chi connectivity index (χ4v) is 2.40. The average Bonchev–Trinajstić information content (AvgIpc) is 2.40. The van der Waals surface area contributed by atoms with Crippen molar-refractivity contribution in [2.24, 2.45) is 0 Å². The van der Waals surface area contributed by atoms with Crippen molar-refractivity contribution in [3.63, 3.8) is 0 Å². The highest BCUT2D eigenvalue weighted by Gasteiger charge is 2.32. The van der Waals surface area contributed by atoms with Crippen molar-refractivity contribution in [3.8, 4) is 0 Å². The summed E-state index contributed by atoms with van der Waals surface area (Å²) in [7, 11) is 0. The fraction of sp³-hybridized carbons (Fsp3) is 1.00. The summed E-state index contributed by atoms with van der Waals surface area (Å²) < 4.78 is 13.0. The Balaban J connectivity index is 1.72. The Kier molecular flexibility index (Phi) is 3.20. The van der Waals surface area contributed by atoms with Gasteiger partial charge in [0.15, 0.2) is 0 Å². The van der Waals surface area contributed by atoms with Gasteiger partial charge in [0.2, 0.25) is 0 Å². The van der Waals surface area contributed by atoms with E-state index in [0.29, 0.717) is 6.04 Å².